The van der Waals surface area contributed by atoms with Crippen molar-refractivity contribution >= 4 is 23.5 Å². The maximum absolute atomic E-state index is 7.10. The number of benzene rings is 2. The van der Waals surface area contributed by atoms with Crippen LogP contribution in [-0.2, 0) is 17.6 Å². The van der Waals surface area contributed by atoms with Gasteiger partial charge in [-0.2, -0.15) is 23.5 Å². The SMILES string of the molecule is C=CC(Cc1ccccc1)(OC(C=C)(Cc1ccccc1)C1CS1)C1CS1. The van der Waals surface area contributed by atoms with E-state index in [4.69, 9.17) is 4.74 Å². The molecule has 1 nitrogen and oxygen atoms in total. The first kappa shape index (κ1) is 18.9. The molecule has 0 bridgehead atoms. The van der Waals surface area contributed by atoms with E-state index in [9.17, 15) is 0 Å². The summed E-state index contributed by atoms with van der Waals surface area (Å²) in [5.74, 6) is 2.27. The fraction of sp³-hybridized carbons (Fsp3) is 0.333. The second-order valence-electron chi connectivity index (χ2n) is 7.39. The molecule has 0 aromatic heterocycles. The molecule has 0 aliphatic carbocycles. The van der Waals surface area contributed by atoms with Gasteiger partial charge in [0.25, 0.3) is 0 Å². The van der Waals surface area contributed by atoms with Crippen molar-refractivity contribution in [3.63, 3.8) is 0 Å². The highest BCUT2D eigenvalue weighted by Gasteiger charge is 2.54. The molecule has 2 fully saturated rings. The summed E-state index contributed by atoms with van der Waals surface area (Å²) in [6.45, 7) is 8.43. The molecule has 4 atom stereocenters. The van der Waals surface area contributed by atoms with Crippen LogP contribution in [0.3, 0.4) is 0 Å². The van der Waals surface area contributed by atoms with Crippen molar-refractivity contribution in [2.75, 3.05) is 11.5 Å². The first-order valence-corrected chi connectivity index (χ1v) is 11.6. The van der Waals surface area contributed by atoms with Crippen LogP contribution in [0.2, 0.25) is 0 Å². The lowest BCUT2D eigenvalue weighted by Gasteiger charge is -2.41. The lowest BCUT2D eigenvalue weighted by Crippen LogP contribution is -2.51. The van der Waals surface area contributed by atoms with Crippen molar-refractivity contribution in [1.29, 1.82) is 0 Å². The quantitative estimate of drug-likeness (QED) is 0.385. The van der Waals surface area contributed by atoms with Gasteiger partial charge >= 0.3 is 0 Å². The molecule has 4 unspecified atom stereocenters. The van der Waals surface area contributed by atoms with Crippen molar-refractivity contribution in [2.24, 2.45) is 0 Å². The van der Waals surface area contributed by atoms with E-state index >= 15 is 0 Å². The second-order valence-corrected chi connectivity index (χ2v) is 9.86. The highest BCUT2D eigenvalue weighted by molar-refractivity contribution is 8.07. The van der Waals surface area contributed by atoms with Gasteiger partial charge in [0.1, 0.15) is 11.2 Å². The Balaban J connectivity index is 1.66. The van der Waals surface area contributed by atoms with Crippen LogP contribution >= 0.6 is 23.5 Å². The highest BCUT2D eigenvalue weighted by Crippen LogP contribution is 2.51. The van der Waals surface area contributed by atoms with Gasteiger partial charge < -0.3 is 4.74 Å². The molecule has 0 spiro atoms. The van der Waals surface area contributed by atoms with Crippen LogP contribution in [0.1, 0.15) is 11.1 Å². The highest BCUT2D eigenvalue weighted by atomic mass is 32.2. The first-order chi connectivity index (χ1) is 13.2. The van der Waals surface area contributed by atoms with Gasteiger partial charge in [-0.3, -0.25) is 0 Å². The molecule has 2 aromatic rings. The van der Waals surface area contributed by atoms with Gasteiger partial charge in [0, 0.05) is 34.8 Å². The predicted molar refractivity (Wildman–Crippen MR) is 120 cm³/mol. The Morgan fingerprint density at radius 1 is 0.778 bits per heavy atom. The number of hydrogen-bond acceptors (Lipinski definition) is 3. The van der Waals surface area contributed by atoms with E-state index in [2.05, 4.69) is 86.0 Å². The zero-order valence-corrected chi connectivity index (χ0v) is 17.2. The number of rotatable bonds is 10. The molecule has 0 radical (unpaired) electrons. The first-order valence-electron chi connectivity index (χ1n) is 9.48. The number of thioether (sulfide) groups is 2. The zero-order valence-electron chi connectivity index (χ0n) is 15.6. The van der Waals surface area contributed by atoms with E-state index in [1.54, 1.807) is 0 Å². The van der Waals surface area contributed by atoms with Crippen LogP contribution < -0.4 is 0 Å². The average molecular weight is 395 g/mol. The van der Waals surface area contributed by atoms with Gasteiger partial charge in [-0.1, -0.05) is 72.8 Å². The van der Waals surface area contributed by atoms with Gasteiger partial charge in [0.2, 0.25) is 0 Å². The molecular formula is C24H26OS2. The molecule has 0 N–H and O–H groups in total. The molecule has 140 valence electrons. The van der Waals surface area contributed by atoms with E-state index in [0.717, 1.165) is 24.3 Å². The molecule has 4 rings (SSSR count). The summed E-state index contributed by atoms with van der Waals surface area (Å²) in [4.78, 5) is 0. The Labute approximate surface area is 171 Å². The van der Waals surface area contributed by atoms with E-state index in [1.807, 2.05) is 23.5 Å². The fourth-order valence-corrected chi connectivity index (χ4v) is 5.54. The Hall–Kier alpha value is -1.42. The maximum atomic E-state index is 7.10. The Morgan fingerprint density at radius 2 is 1.15 bits per heavy atom. The largest absolute Gasteiger partial charge is 0.357 e. The topological polar surface area (TPSA) is 9.23 Å². The van der Waals surface area contributed by atoms with E-state index in [-0.39, 0.29) is 11.2 Å². The summed E-state index contributed by atoms with van der Waals surface area (Å²) in [6, 6.07) is 21.3. The van der Waals surface area contributed by atoms with Gasteiger partial charge in [-0.25, -0.2) is 0 Å². The van der Waals surface area contributed by atoms with E-state index in [0.29, 0.717) is 10.5 Å². The van der Waals surface area contributed by atoms with Crippen molar-refractivity contribution < 1.29 is 4.74 Å². The predicted octanol–water partition coefficient (Wildman–Crippen LogP) is 5.57. The third kappa shape index (κ3) is 4.21. The summed E-state index contributed by atoms with van der Waals surface area (Å²) in [5, 5.41) is 0.933. The third-order valence-corrected chi connectivity index (χ3v) is 7.61. The smallest absolute Gasteiger partial charge is 0.104 e. The minimum atomic E-state index is -0.363. The van der Waals surface area contributed by atoms with Crippen LogP contribution in [0.4, 0.5) is 0 Å². The molecule has 2 aromatic carbocycles. The summed E-state index contributed by atoms with van der Waals surface area (Å²) in [7, 11) is 0. The van der Waals surface area contributed by atoms with Crippen LogP contribution in [0, 0.1) is 0 Å². The normalized spacial score (nSPS) is 25.0. The second kappa shape index (κ2) is 7.90. The molecule has 0 saturated carbocycles. The minimum Gasteiger partial charge on any atom is -0.357 e. The molecule has 2 saturated heterocycles. The van der Waals surface area contributed by atoms with Crippen molar-refractivity contribution in [3.8, 4) is 0 Å². The lowest BCUT2D eigenvalue weighted by atomic mass is 9.86. The molecule has 2 aliphatic heterocycles. The van der Waals surface area contributed by atoms with Gasteiger partial charge in [-0.05, 0) is 11.1 Å². The summed E-state index contributed by atoms with van der Waals surface area (Å²) in [6.07, 6.45) is 5.83. The number of hydrogen-bond donors (Lipinski definition) is 0. The Morgan fingerprint density at radius 3 is 1.44 bits per heavy atom. The Kier molecular flexibility index (Phi) is 5.54. The maximum Gasteiger partial charge on any atom is 0.104 e. The summed E-state index contributed by atoms with van der Waals surface area (Å²) in [5.41, 5.74) is 1.87. The van der Waals surface area contributed by atoms with E-state index in [1.165, 1.54) is 11.1 Å². The third-order valence-electron chi connectivity index (χ3n) is 5.47. The van der Waals surface area contributed by atoms with Crippen molar-refractivity contribution in [3.05, 3.63) is 97.1 Å². The minimum absolute atomic E-state index is 0.363. The molecular weight excluding hydrogens is 368 g/mol. The van der Waals surface area contributed by atoms with Crippen LogP contribution in [-0.4, -0.2) is 33.2 Å². The average Bonchev–Trinajstić information content (AvgIpc) is 3.60. The van der Waals surface area contributed by atoms with Crippen molar-refractivity contribution in [2.45, 2.75) is 34.5 Å². The fourth-order valence-electron chi connectivity index (χ4n) is 3.77. The molecule has 27 heavy (non-hydrogen) atoms. The molecule has 2 aliphatic rings. The zero-order chi connectivity index (χ0) is 18.7. The monoisotopic (exact) mass is 394 g/mol. The van der Waals surface area contributed by atoms with Gasteiger partial charge in [-0.15, -0.1) is 13.2 Å². The van der Waals surface area contributed by atoms with Crippen LogP contribution in [0.15, 0.2) is 86.0 Å². The van der Waals surface area contributed by atoms with Crippen LogP contribution in [0.5, 0.6) is 0 Å². The summed E-state index contributed by atoms with van der Waals surface area (Å²) < 4.78 is 7.10. The molecule has 2 heterocycles. The summed E-state index contributed by atoms with van der Waals surface area (Å²) >= 11 is 3.94. The number of ether oxygens (including phenoxy) is 1. The van der Waals surface area contributed by atoms with Gasteiger partial charge in [0.05, 0.1) is 0 Å². The van der Waals surface area contributed by atoms with Crippen molar-refractivity contribution in [1.82, 2.24) is 0 Å². The lowest BCUT2D eigenvalue weighted by molar-refractivity contribution is -0.0975. The molecule has 3 heteroatoms. The standard InChI is InChI=1S/C24H26OS2/c1-3-23(21-17-26-21,15-19-11-7-5-8-12-19)25-24(4-2,22-18-27-22)16-20-13-9-6-10-14-20/h3-14,21-22H,1-2,15-18H2. The Bertz CT molecular complexity index is 715. The van der Waals surface area contributed by atoms with E-state index < -0.39 is 0 Å². The van der Waals surface area contributed by atoms with Crippen LogP contribution in [0.25, 0.3) is 0 Å². The molecule has 0 amide bonds. The van der Waals surface area contributed by atoms with Gasteiger partial charge in [0.15, 0.2) is 0 Å².